The van der Waals surface area contributed by atoms with Crippen LogP contribution in [-0.2, 0) is 4.74 Å². The van der Waals surface area contributed by atoms with E-state index in [2.05, 4.69) is 20.8 Å². The molecular weight excluding hydrogens is 140 g/mol. The molecule has 68 valence electrons. The van der Waals surface area contributed by atoms with Crippen LogP contribution in [0.4, 0.5) is 0 Å². The van der Waals surface area contributed by atoms with Crippen LogP contribution in [0.1, 0.15) is 27.2 Å². The highest BCUT2D eigenvalue weighted by Gasteiger charge is 2.22. The Morgan fingerprint density at radius 2 is 1.91 bits per heavy atom. The van der Waals surface area contributed by atoms with Gasteiger partial charge in [-0.2, -0.15) is 0 Å². The van der Waals surface area contributed by atoms with Gasteiger partial charge in [0, 0.05) is 20.3 Å². The van der Waals surface area contributed by atoms with E-state index >= 15 is 0 Å². The molecule has 0 spiro atoms. The summed E-state index contributed by atoms with van der Waals surface area (Å²) in [5.74, 6) is 0.349. The molecule has 1 N–H and O–H groups in total. The maximum atomic E-state index is 9.03. The number of hydrogen-bond acceptors (Lipinski definition) is 2. The van der Waals surface area contributed by atoms with Gasteiger partial charge in [0.2, 0.25) is 0 Å². The zero-order chi connectivity index (χ0) is 8.91. The van der Waals surface area contributed by atoms with Crippen LogP contribution < -0.4 is 0 Å². The molecule has 2 nitrogen and oxygen atoms in total. The molecule has 0 aliphatic rings. The lowest BCUT2D eigenvalue weighted by Gasteiger charge is -2.28. The van der Waals surface area contributed by atoms with E-state index in [9.17, 15) is 0 Å². The second-order valence-corrected chi connectivity index (χ2v) is 4.03. The van der Waals surface area contributed by atoms with Crippen molar-refractivity contribution in [2.24, 2.45) is 11.3 Å². The lowest BCUT2D eigenvalue weighted by molar-refractivity contribution is 0.0876. The Labute approximate surface area is 69.6 Å². The molecule has 2 heteroatoms. The first-order valence-corrected chi connectivity index (χ1v) is 4.12. The summed E-state index contributed by atoms with van der Waals surface area (Å²) >= 11 is 0. The van der Waals surface area contributed by atoms with E-state index < -0.39 is 0 Å². The van der Waals surface area contributed by atoms with Crippen molar-refractivity contribution < 1.29 is 9.84 Å². The Bertz CT molecular complexity index is 94.2. The quantitative estimate of drug-likeness (QED) is 0.678. The Morgan fingerprint density at radius 1 is 1.36 bits per heavy atom. The maximum Gasteiger partial charge on any atom is 0.0465 e. The fourth-order valence-electron chi connectivity index (χ4n) is 1.06. The monoisotopic (exact) mass is 160 g/mol. The van der Waals surface area contributed by atoms with E-state index in [-0.39, 0.29) is 12.0 Å². The molecule has 0 amide bonds. The van der Waals surface area contributed by atoms with E-state index in [1.165, 1.54) is 0 Å². The molecule has 0 rings (SSSR count). The van der Waals surface area contributed by atoms with Crippen LogP contribution in [0.5, 0.6) is 0 Å². The van der Waals surface area contributed by atoms with Crippen LogP contribution in [0.3, 0.4) is 0 Å². The fraction of sp³-hybridized carbons (Fsp3) is 1.00. The van der Waals surface area contributed by atoms with Crippen LogP contribution in [0, 0.1) is 11.3 Å². The summed E-state index contributed by atoms with van der Waals surface area (Å²) in [6.07, 6.45) is 0.941. The lowest BCUT2D eigenvalue weighted by atomic mass is 9.79. The summed E-state index contributed by atoms with van der Waals surface area (Å²) < 4.78 is 4.96. The third-order valence-electron chi connectivity index (χ3n) is 2.12. The third kappa shape index (κ3) is 4.38. The van der Waals surface area contributed by atoms with Gasteiger partial charge in [-0.1, -0.05) is 20.8 Å². The molecule has 0 aromatic heterocycles. The predicted molar refractivity (Wildman–Crippen MR) is 46.5 cm³/mol. The molecule has 0 heterocycles. The van der Waals surface area contributed by atoms with Crippen LogP contribution in [0.15, 0.2) is 0 Å². The topological polar surface area (TPSA) is 29.5 Å². The molecule has 11 heavy (non-hydrogen) atoms. The van der Waals surface area contributed by atoms with Crippen molar-refractivity contribution in [2.75, 3.05) is 20.3 Å². The van der Waals surface area contributed by atoms with Gasteiger partial charge in [0.15, 0.2) is 0 Å². The fourth-order valence-corrected chi connectivity index (χ4v) is 1.06. The van der Waals surface area contributed by atoms with E-state index in [1.54, 1.807) is 7.11 Å². The minimum Gasteiger partial charge on any atom is -0.396 e. The van der Waals surface area contributed by atoms with Crippen molar-refractivity contribution in [1.29, 1.82) is 0 Å². The predicted octanol–water partition coefficient (Wildman–Crippen LogP) is 1.68. The first-order chi connectivity index (χ1) is 5.02. The zero-order valence-corrected chi connectivity index (χ0v) is 8.05. The van der Waals surface area contributed by atoms with Crippen LogP contribution in [0.25, 0.3) is 0 Å². The molecule has 0 bridgehead atoms. The van der Waals surface area contributed by atoms with Gasteiger partial charge in [0.05, 0.1) is 0 Å². The molecule has 0 fully saturated rings. The second kappa shape index (κ2) is 4.73. The highest BCUT2D eigenvalue weighted by Crippen LogP contribution is 2.27. The van der Waals surface area contributed by atoms with Crippen LogP contribution >= 0.6 is 0 Å². The lowest BCUT2D eigenvalue weighted by Crippen LogP contribution is -2.25. The molecule has 0 aliphatic heterocycles. The summed E-state index contributed by atoms with van der Waals surface area (Å²) in [4.78, 5) is 0. The summed E-state index contributed by atoms with van der Waals surface area (Å²) in [7, 11) is 1.69. The van der Waals surface area contributed by atoms with Gasteiger partial charge in [-0.3, -0.25) is 0 Å². The van der Waals surface area contributed by atoms with Gasteiger partial charge in [-0.05, 0) is 17.8 Å². The molecule has 0 aromatic carbocycles. The van der Waals surface area contributed by atoms with Crippen LogP contribution in [0.2, 0.25) is 0 Å². The van der Waals surface area contributed by atoms with Crippen molar-refractivity contribution >= 4 is 0 Å². The van der Waals surface area contributed by atoms with Gasteiger partial charge < -0.3 is 9.84 Å². The minimum absolute atomic E-state index is 0.188. The van der Waals surface area contributed by atoms with E-state index in [1.807, 2.05) is 0 Å². The molecule has 1 unspecified atom stereocenters. The summed E-state index contributed by atoms with van der Waals surface area (Å²) in [6.45, 7) is 7.42. The van der Waals surface area contributed by atoms with E-state index in [0.717, 1.165) is 13.0 Å². The number of ether oxygens (including phenoxy) is 1. The SMILES string of the molecule is COCCC(CO)C(C)(C)C. The summed E-state index contributed by atoms with van der Waals surface area (Å²) in [5.41, 5.74) is 0.188. The molecule has 0 saturated carbocycles. The summed E-state index contributed by atoms with van der Waals surface area (Å²) in [5, 5.41) is 9.03. The number of hydrogen-bond donors (Lipinski definition) is 1. The van der Waals surface area contributed by atoms with Crippen molar-refractivity contribution in [3.05, 3.63) is 0 Å². The molecule has 0 saturated heterocycles. The zero-order valence-electron chi connectivity index (χ0n) is 8.05. The van der Waals surface area contributed by atoms with E-state index in [4.69, 9.17) is 9.84 Å². The van der Waals surface area contributed by atoms with Crippen molar-refractivity contribution in [3.63, 3.8) is 0 Å². The Balaban J connectivity index is 3.76. The van der Waals surface area contributed by atoms with Crippen molar-refractivity contribution in [3.8, 4) is 0 Å². The average Bonchev–Trinajstić information content (AvgIpc) is 1.87. The second-order valence-electron chi connectivity index (χ2n) is 4.03. The highest BCUT2D eigenvalue weighted by atomic mass is 16.5. The molecular formula is C9H20O2. The highest BCUT2D eigenvalue weighted by molar-refractivity contribution is 4.72. The van der Waals surface area contributed by atoms with Gasteiger partial charge in [-0.15, -0.1) is 0 Å². The van der Waals surface area contributed by atoms with Crippen molar-refractivity contribution in [1.82, 2.24) is 0 Å². The molecule has 1 atom stereocenters. The number of methoxy groups -OCH3 is 1. The number of rotatable bonds is 4. The standard InChI is InChI=1S/C9H20O2/c1-9(2,3)8(7-10)5-6-11-4/h8,10H,5-7H2,1-4H3. The molecule has 0 aromatic rings. The van der Waals surface area contributed by atoms with Gasteiger partial charge in [-0.25, -0.2) is 0 Å². The van der Waals surface area contributed by atoms with Gasteiger partial charge in [0.25, 0.3) is 0 Å². The van der Waals surface area contributed by atoms with Gasteiger partial charge >= 0.3 is 0 Å². The largest absolute Gasteiger partial charge is 0.396 e. The Kier molecular flexibility index (Phi) is 4.69. The number of aliphatic hydroxyl groups excluding tert-OH is 1. The number of aliphatic hydroxyl groups is 1. The smallest absolute Gasteiger partial charge is 0.0465 e. The normalized spacial score (nSPS) is 15.0. The van der Waals surface area contributed by atoms with Crippen LogP contribution in [-0.4, -0.2) is 25.4 Å². The average molecular weight is 160 g/mol. The third-order valence-corrected chi connectivity index (χ3v) is 2.12. The Hall–Kier alpha value is -0.0800. The first kappa shape index (κ1) is 10.9. The molecule has 0 aliphatic carbocycles. The minimum atomic E-state index is 0.188. The van der Waals surface area contributed by atoms with Gasteiger partial charge in [0.1, 0.15) is 0 Å². The maximum absolute atomic E-state index is 9.03. The van der Waals surface area contributed by atoms with E-state index in [0.29, 0.717) is 5.92 Å². The first-order valence-electron chi connectivity index (χ1n) is 4.12. The summed E-state index contributed by atoms with van der Waals surface area (Å²) in [6, 6.07) is 0. The molecule has 0 radical (unpaired) electrons. The van der Waals surface area contributed by atoms with Crippen molar-refractivity contribution in [2.45, 2.75) is 27.2 Å². The Morgan fingerprint density at radius 3 is 2.18 bits per heavy atom.